The largest absolute Gasteiger partial charge is 0.456 e. The Kier molecular flexibility index (Phi) is 3.61. The van der Waals surface area contributed by atoms with Gasteiger partial charge in [0.25, 0.3) is 0 Å². The molecule has 0 bridgehead atoms. The molecule has 0 aliphatic rings. The van der Waals surface area contributed by atoms with E-state index < -0.39 is 6.10 Å². The quantitative estimate of drug-likeness (QED) is 0.904. The summed E-state index contributed by atoms with van der Waals surface area (Å²) in [5.74, 6) is 1.32. The van der Waals surface area contributed by atoms with Gasteiger partial charge in [0.05, 0.1) is 18.0 Å². The summed E-state index contributed by atoms with van der Waals surface area (Å²) in [6, 6.07) is 10.6. The normalized spacial score (nSPS) is 12.2. The van der Waals surface area contributed by atoms with Gasteiger partial charge in [0.15, 0.2) is 0 Å². The van der Waals surface area contributed by atoms with E-state index in [-0.39, 0.29) is 0 Å². The Bertz CT molecular complexity index is 480. The first-order valence-corrected chi connectivity index (χ1v) is 5.60. The fraction of sp³-hybridized carbons (Fsp3) is 0.154. The van der Waals surface area contributed by atoms with E-state index in [1.165, 1.54) is 0 Å². The van der Waals surface area contributed by atoms with Crippen LogP contribution in [0.25, 0.3) is 0 Å². The molecule has 0 radical (unpaired) electrons. The molecule has 1 aromatic carbocycles. The molecule has 0 saturated heterocycles. The van der Waals surface area contributed by atoms with Gasteiger partial charge < -0.3 is 9.84 Å². The highest BCUT2D eigenvalue weighted by Gasteiger charge is 2.03. The van der Waals surface area contributed by atoms with E-state index in [4.69, 9.17) is 16.3 Å². The van der Waals surface area contributed by atoms with Crippen LogP contribution in [0.2, 0.25) is 5.02 Å². The molecular weight excluding hydrogens is 238 g/mol. The monoisotopic (exact) mass is 249 g/mol. The molecule has 0 aliphatic carbocycles. The Morgan fingerprint density at radius 1 is 1.12 bits per heavy atom. The van der Waals surface area contributed by atoms with Gasteiger partial charge in [0.2, 0.25) is 0 Å². The molecule has 17 heavy (non-hydrogen) atoms. The first kappa shape index (κ1) is 11.9. The van der Waals surface area contributed by atoms with Crippen molar-refractivity contribution < 1.29 is 9.84 Å². The zero-order chi connectivity index (χ0) is 12.3. The van der Waals surface area contributed by atoms with Crippen molar-refractivity contribution in [2.24, 2.45) is 0 Å². The van der Waals surface area contributed by atoms with E-state index in [1.54, 1.807) is 49.5 Å². The first-order chi connectivity index (χ1) is 8.15. The number of nitrogens with zero attached hydrogens (tertiary/aromatic N) is 1. The Morgan fingerprint density at radius 3 is 2.29 bits per heavy atom. The molecule has 1 atom stereocenters. The van der Waals surface area contributed by atoms with Gasteiger partial charge in [-0.3, -0.25) is 4.98 Å². The van der Waals surface area contributed by atoms with Crippen LogP contribution in [0, 0.1) is 0 Å². The molecule has 88 valence electrons. The van der Waals surface area contributed by atoms with Gasteiger partial charge in [-0.1, -0.05) is 11.6 Å². The maximum Gasteiger partial charge on any atom is 0.145 e. The third kappa shape index (κ3) is 3.19. The maximum absolute atomic E-state index is 9.32. The molecule has 0 fully saturated rings. The summed E-state index contributed by atoms with van der Waals surface area (Å²) in [7, 11) is 0. The third-order valence-electron chi connectivity index (χ3n) is 2.24. The number of pyridine rings is 1. The van der Waals surface area contributed by atoms with E-state index in [2.05, 4.69) is 4.98 Å². The molecule has 0 unspecified atom stereocenters. The number of aromatic nitrogens is 1. The Labute approximate surface area is 105 Å². The molecule has 1 N–H and O–H groups in total. The SMILES string of the molecule is C[C@@H](O)c1ccc(Oc2ccc(Cl)cc2)cn1. The standard InChI is InChI=1S/C13H12ClNO2/c1-9(16)13-7-6-12(8-15-13)17-11-4-2-10(14)3-5-11/h2-9,16H,1H3/t9-/m1/s1. The van der Waals surface area contributed by atoms with Crippen LogP contribution in [0.5, 0.6) is 11.5 Å². The van der Waals surface area contributed by atoms with Crippen LogP contribution in [-0.2, 0) is 0 Å². The third-order valence-corrected chi connectivity index (χ3v) is 2.49. The number of ether oxygens (including phenoxy) is 1. The van der Waals surface area contributed by atoms with Gasteiger partial charge in [-0.2, -0.15) is 0 Å². The highest BCUT2D eigenvalue weighted by atomic mass is 35.5. The Morgan fingerprint density at radius 2 is 1.76 bits per heavy atom. The fourth-order valence-corrected chi connectivity index (χ4v) is 1.46. The summed E-state index contributed by atoms with van der Waals surface area (Å²) in [5.41, 5.74) is 0.619. The van der Waals surface area contributed by atoms with Crippen LogP contribution in [0.3, 0.4) is 0 Å². The number of benzene rings is 1. The molecule has 2 rings (SSSR count). The van der Waals surface area contributed by atoms with Crippen LogP contribution in [-0.4, -0.2) is 10.1 Å². The van der Waals surface area contributed by atoms with Crippen molar-refractivity contribution in [3.05, 3.63) is 53.3 Å². The average molecular weight is 250 g/mol. The molecule has 1 heterocycles. The number of hydrogen-bond donors (Lipinski definition) is 1. The molecule has 0 amide bonds. The number of aliphatic hydroxyl groups excluding tert-OH is 1. The lowest BCUT2D eigenvalue weighted by Gasteiger charge is -2.07. The van der Waals surface area contributed by atoms with Gasteiger partial charge in [-0.05, 0) is 43.3 Å². The van der Waals surface area contributed by atoms with E-state index in [0.717, 1.165) is 0 Å². The van der Waals surface area contributed by atoms with Crippen molar-refractivity contribution >= 4 is 11.6 Å². The van der Waals surface area contributed by atoms with Crippen molar-refractivity contribution in [1.29, 1.82) is 0 Å². The molecule has 0 spiro atoms. The van der Waals surface area contributed by atoms with Gasteiger partial charge in [-0.25, -0.2) is 0 Å². The molecular formula is C13H12ClNO2. The van der Waals surface area contributed by atoms with Gasteiger partial charge >= 0.3 is 0 Å². The van der Waals surface area contributed by atoms with E-state index >= 15 is 0 Å². The van der Waals surface area contributed by atoms with E-state index in [0.29, 0.717) is 22.2 Å². The van der Waals surface area contributed by atoms with Crippen molar-refractivity contribution in [2.45, 2.75) is 13.0 Å². The predicted octanol–water partition coefficient (Wildman–Crippen LogP) is 3.58. The summed E-state index contributed by atoms with van der Waals surface area (Å²) in [6.45, 7) is 1.67. The minimum Gasteiger partial charge on any atom is -0.456 e. The van der Waals surface area contributed by atoms with Crippen molar-refractivity contribution in [1.82, 2.24) is 4.98 Å². The van der Waals surface area contributed by atoms with Crippen LogP contribution in [0.4, 0.5) is 0 Å². The van der Waals surface area contributed by atoms with Crippen molar-refractivity contribution in [2.75, 3.05) is 0 Å². The van der Waals surface area contributed by atoms with Crippen LogP contribution in [0.15, 0.2) is 42.6 Å². The topological polar surface area (TPSA) is 42.4 Å². The lowest BCUT2D eigenvalue weighted by molar-refractivity contribution is 0.194. The summed E-state index contributed by atoms with van der Waals surface area (Å²) in [4.78, 5) is 4.09. The zero-order valence-corrected chi connectivity index (χ0v) is 10.1. The predicted molar refractivity (Wildman–Crippen MR) is 66.4 cm³/mol. The van der Waals surface area contributed by atoms with Crippen LogP contribution >= 0.6 is 11.6 Å². The van der Waals surface area contributed by atoms with E-state index in [1.807, 2.05) is 0 Å². The fourth-order valence-electron chi connectivity index (χ4n) is 1.34. The summed E-state index contributed by atoms with van der Waals surface area (Å²) in [6.07, 6.45) is 1.01. The van der Waals surface area contributed by atoms with Gasteiger partial charge in [0.1, 0.15) is 11.5 Å². The smallest absolute Gasteiger partial charge is 0.145 e. The Hall–Kier alpha value is -1.58. The second-order valence-corrected chi connectivity index (χ2v) is 4.09. The van der Waals surface area contributed by atoms with Crippen LogP contribution < -0.4 is 4.74 Å². The van der Waals surface area contributed by atoms with Gasteiger partial charge in [-0.15, -0.1) is 0 Å². The van der Waals surface area contributed by atoms with Crippen molar-refractivity contribution in [3.63, 3.8) is 0 Å². The summed E-state index contributed by atoms with van der Waals surface area (Å²) >= 11 is 5.77. The highest BCUT2D eigenvalue weighted by molar-refractivity contribution is 6.30. The molecule has 0 saturated carbocycles. The number of halogens is 1. The average Bonchev–Trinajstić information content (AvgIpc) is 2.33. The summed E-state index contributed by atoms with van der Waals surface area (Å²) < 4.78 is 5.57. The van der Waals surface area contributed by atoms with Crippen molar-refractivity contribution in [3.8, 4) is 11.5 Å². The number of aliphatic hydroxyl groups is 1. The maximum atomic E-state index is 9.32. The lowest BCUT2D eigenvalue weighted by atomic mass is 10.2. The zero-order valence-electron chi connectivity index (χ0n) is 9.30. The molecule has 1 aromatic heterocycles. The Balaban J connectivity index is 2.11. The summed E-state index contributed by atoms with van der Waals surface area (Å²) in [5, 5.41) is 9.98. The number of hydrogen-bond acceptors (Lipinski definition) is 3. The van der Waals surface area contributed by atoms with Gasteiger partial charge in [0, 0.05) is 5.02 Å². The minimum atomic E-state index is -0.570. The first-order valence-electron chi connectivity index (χ1n) is 5.22. The van der Waals surface area contributed by atoms with E-state index in [9.17, 15) is 5.11 Å². The molecule has 2 aromatic rings. The molecule has 3 nitrogen and oxygen atoms in total. The second kappa shape index (κ2) is 5.17. The number of rotatable bonds is 3. The minimum absolute atomic E-state index is 0.570. The second-order valence-electron chi connectivity index (χ2n) is 3.65. The lowest BCUT2D eigenvalue weighted by Crippen LogP contribution is -1.95. The molecule has 0 aliphatic heterocycles. The molecule has 4 heteroatoms. The van der Waals surface area contributed by atoms with Crippen LogP contribution in [0.1, 0.15) is 18.7 Å². The highest BCUT2D eigenvalue weighted by Crippen LogP contribution is 2.23.